The molecule has 2 fully saturated rings. The van der Waals surface area contributed by atoms with Gasteiger partial charge in [-0.1, -0.05) is 6.92 Å². The Morgan fingerprint density at radius 3 is 2.53 bits per heavy atom. The number of ether oxygens (including phenoxy) is 1. The zero-order chi connectivity index (χ0) is 10.7. The molecule has 0 unspecified atom stereocenters. The van der Waals surface area contributed by atoms with Crippen molar-refractivity contribution in [1.29, 1.82) is 0 Å². The minimum atomic E-state index is -0.180. The molecular formula is C12H21NO2. The smallest absolute Gasteiger partial charge is 0.312 e. The summed E-state index contributed by atoms with van der Waals surface area (Å²) < 4.78 is 5.55. The topological polar surface area (TPSA) is 38.3 Å². The lowest BCUT2D eigenvalue weighted by molar-refractivity contribution is -0.167. The molecule has 86 valence electrons. The highest BCUT2D eigenvalue weighted by molar-refractivity contribution is 5.77. The first kappa shape index (κ1) is 10.9. The second-order valence-electron chi connectivity index (χ2n) is 4.84. The van der Waals surface area contributed by atoms with Gasteiger partial charge in [0.25, 0.3) is 0 Å². The first-order valence-corrected chi connectivity index (χ1v) is 6.19. The molecule has 0 amide bonds. The molecule has 0 aromatic carbocycles. The van der Waals surface area contributed by atoms with Crippen molar-refractivity contribution in [3.8, 4) is 0 Å². The Bertz CT molecular complexity index is 230. The standard InChI is InChI=1S/C12H21NO2/c1-2-12(6-8-13-9-7-12)11(14)15-10-4-3-5-10/h10,13H,2-9H2,1H3. The fourth-order valence-corrected chi connectivity index (χ4v) is 2.37. The lowest BCUT2D eigenvalue weighted by atomic mass is 9.76. The average Bonchev–Trinajstić information content (AvgIpc) is 2.24. The van der Waals surface area contributed by atoms with Gasteiger partial charge in [-0.2, -0.15) is 0 Å². The summed E-state index contributed by atoms with van der Waals surface area (Å²) in [5, 5.41) is 3.30. The molecule has 0 bridgehead atoms. The van der Waals surface area contributed by atoms with Crippen LogP contribution in [0.1, 0.15) is 45.4 Å². The normalized spacial score (nSPS) is 25.7. The molecule has 0 aromatic rings. The van der Waals surface area contributed by atoms with Gasteiger partial charge in [-0.3, -0.25) is 4.79 Å². The predicted molar refractivity (Wildman–Crippen MR) is 58.6 cm³/mol. The van der Waals surface area contributed by atoms with Gasteiger partial charge in [0, 0.05) is 0 Å². The maximum absolute atomic E-state index is 12.1. The van der Waals surface area contributed by atoms with E-state index in [4.69, 9.17) is 4.74 Å². The van der Waals surface area contributed by atoms with Crippen molar-refractivity contribution in [2.45, 2.75) is 51.6 Å². The molecular weight excluding hydrogens is 190 g/mol. The highest BCUT2D eigenvalue weighted by Gasteiger charge is 2.40. The summed E-state index contributed by atoms with van der Waals surface area (Å²) in [4.78, 5) is 12.1. The van der Waals surface area contributed by atoms with E-state index < -0.39 is 0 Å². The molecule has 0 aromatic heterocycles. The van der Waals surface area contributed by atoms with Crippen molar-refractivity contribution in [2.24, 2.45) is 5.41 Å². The fourth-order valence-electron chi connectivity index (χ4n) is 2.37. The lowest BCUT2D eigenvalue weighted by Gasteiger charge is -2.37. The Morgan fingerprint density at radius 2 is 2.07 bits per heavy atom. The Balaban J connectivity index is 1.93. The van der Waals surface area contributed by atoms with Crippen LogP contribution >= 0.6 is 0 Å². The van der Waals surface area contributed by atoms with Crippen LogP contribution in [0.3, 0.4) is 0 Å². The molecule has 0 radical (unpaired) electrons. The molecule has 1 N–H and O–H groups in total. The third kappa shape index (κ3) is 2.17. The second-order valence-corrected chi connectivity index (χ2v) is 4.84. The molecule has 3 heteroatoms. The van der Waals surface area contributed by atoms with Gasteiger partial charge in [-0.25, -0.2) is 0 Å². The van der Waals surface area contributed by atoms with Crippen LogP contribution in [0.5, 0.6) is 0 Å². The summed E-state index contributed by atoms with van der Waals surface area (Å²) in [7, 11) is 0. The Hall–Kier alpha value is -0.570. The summed E-state index contributed by atoms with van der Waals surface area (Å²) in [6.45, 7) is 4.01. The van der Waals surface area contributed by atoms with Gasteiger partial charge in [0.1, 0.15) is 6.10 Å². The summed E-state index contributed by atoms with van der Waals surface area (Å²) in [5.41, 5.74) is -0.180. The SMILES string of the molecule is CCC1(C(=O)OC2CCC2)CCNCC1. The van der Waals surface area contributed by atoms with E-state index in [-0.39, 0.29) is 17.5 Å². The van der Waals surface area contributed by atoms with Crippen LogP contribution in [0.2, 0.25) is 0 Å². The van der Waals surface area contributed by atoms with Crippen LogP contribution in [0.25, 0.3) is 0 Å². The van der Waals surface area contributed by atoms with E-state index in [1.54, 1.807) is 0 Å². The molecule has 0 atom stereocenters. The van der Waals surface area contributed by atoms with Crippen molar-refractivity contribution >= 4 is 5.97 Å². The summed E-state index contributed by atoms with van der Waals surface area (Å²) >= 11 is 0. The molecule has 0 spiro atoms. The third-order valence-electron chi connectivity index (χ3n) is 4.00. The van der Waals surface area contributed by atoms with Crippen LogP contribution in [0, 0.1) is 5.41 Å². The number of hydrogen-bond donors (Lipinski definition) is 1. The van der Waals surface area contributed by atoms with E-state index in [9.17, 15) is 4.79 Å². The maximum atomic E-state index is 12.1. The van der Waals surface area contributed by atoms with Gasteiger partial charge in [0.2, 0.25) is 0 Å². The minimum Gasteiger partial charge on any atom is -0.462 e. The minimum absolute atomic E-state index is 0.0659. The van der Waals surface area contributed by atoms with E-state index in [0.717, 1.165) is 45.2 Å². The van der Waals surface area contributed by atoms with Gasteiger partial charge in [-0.15, -0.1) is 0 Å². The zero-order valence-corrected chi connectivity index (χ0v) is 9.55. The quantitative estimate of drug-likeness (QED) is 0.724. The number of piperidine rings is 1. The largest absolute Gasteiger partial charge is 0.462 e. The lowest BCUT2D eigenvalue weighted by Crippen LogP contribution is -2.44. The predicted octanol–water partition coefficient (Wildman–Crippen LogP) is 1.86. The summed E-state index contributed by atoms with van der Waals surface area (Å²) in [6.07, 6.45) is 6.40. The molecule has 1 heterocycles. The Morgan fingerprint density at radius 1 is 1.40 bits per heavy atom. The van der Waals surface area contributed by atoms with Crippen molar-refractivity contribution in [2.75, 3.05) is 13.1 Å². The van der Waals surface area contributed by atoms with E-state index >= 15 is 0 Å². The number of carbonyl (C=O) groups is 1. The number of esters is 1. The van der Waals surface area contributed by atoms with Crippen LogP contribution in [0.15, 0.2) is 0 Å². The van der Waals surface area contributed by atoms with Crippen LogP contribution < -0.4 is 5.32 Å². The maximum Gasteiger partial charge on any atom is 0.312 e. The van der Waals surface area contributed by atoms with Gasteiger partial charge < -0.3 is 10.1 Å². The van der Waals surface area contributed by atoms with E-state index in [0.29, 0.717) is 0 Å². The van der Waals surface area contributed by atoms with Crippen molar-refractivity contribution in [1.82, 2.24) is 5.32 Å². The highest BCUT2D eigenvalue weighted by Crippen LogP contribution is 2.36. The van der Waals surface area contributed by atoms with Gasteiger partial charge in [-0.05, 0) is 51.6 Å². The van der Waals surface area contributed by atoms with Gasteiger partial charge in [0.15, 0.2) is 0 Å². The second kappa shape index (κ2) is 4.52. The molecule has 1 saturated heterocycles. The summed E-state index contributed by atoms with van der Waals surface area (Å²) in [6, 6.07) is 0. The van der Waals surface area contributed by atoms with Crippen LogP contribution in [0.4, 0.5) is 0 Å². The monoisotopic (exact) mass is 211 g/mol. The molecule has 1 saturated carbocycles. The first-order chi connectivity index (χ1) is 7.27. The third-order valence-corrected chi connectivity index (χ3v) is 4.00. The number of carbonyl (C=O) groups excluding carboxylic acids is 1. The van der Waals surface area contributed by atoms with Gasteiger partial charge in [0.05, 0.1) is 5.41 Å². The Kier molecular flexibility index (Phi) is 3.29. The first-order valence-electron chi connectivity index (χ1n) is 6.19. The summed E-state index contributed by atoms with van der Waals surface area (Å²) in [5.74, 6) is 0.0659. The van der Waals surface area contributed by atoms with Crippen molar-refractivity contribution in [3.63, 3.8) is 0 Å². The molecule has 2 rings (SSSR count). The fraction of sp³-hybridized carbons (Fsp3) is 0.917. The molecule has 1 aliphatic carbocycles. The molecule has 15 heavy (non-hydrogen) atoms. The number of hydrogen-bond acceptors (Lipinski definition) is 3. The highest BCUT2D eigenvalue weighted by atomic mass is 16.5. The van der Waals surface area contributed by atoms with E-state index in [1.807, 2.05) is 0 Å². The van der Waals surface area contributed by atoms with Crippen molar-refractivity contribution in [3.05, 3.63) is 0 Å². The van der Waals surface area contributed by atoms with E-state index in [1.165, 1.54) is 6.42 Å². The Labute approximate surface area is 91.6 Å². The number of nitrogens with one attached hydrogen (secondary N) is 1. The zero-order valence-electron chi connectivity index (χ0n) is 9.55. The van der Waals surface area contributed by atoms with Crippen molar-refractivity contribution < 1.29 is 9.53 Å². The number of rotatable bonds is 3. The molecule has 2 aliphatic rings. The molecule has 1 aliphatic heterocycles. The van der Waals surface area contributed by atoms with Gasteiger partial charge >= 0.3 is 5.97 Å². The van der Waals surface area contributed by atoms with Crippen LogP contribution in [-0.2, 0) is 9.53 Å². The molecule has 3 nitrogen and oxygen atoms in total. The average molecular weight is 211 g/mol. The van der Waals surface area contributed by atoms with Crippen LogP contribution in [-0.4, -0.2) is 25.2 Å². The van der Waals surface area contributed by atoms with E-state index in [2.05, 4.69) is 12.2 Å².